The highest BCUT2D eigenvalue weighted by molar-refractivity contribution is 6.08. The van der Waals surface area contributed by atoms with E-state index in [9.17, 15) is 18.9 Å². The van der Waals surface area contributed by atoms with Crippen LogP contribution in [0.2, 0.25) is 0 Å². The predicted molar refractivity (Wildman–Crippen MR) is 141 cm³/mol. The summed E-state index contributed by atoms with van der Waals surface area (Å²) >= 11 is 0. The summed E-state index contributed by atoms with van der Waals surface area (Å²) < 4.78 is 35.7. The van der Waals surface area contributed by atoms with E-state index in [4.69, 9.17) is 18.9 Å². The number of pyridine rings is 1. The molecule has 3 aromatic heterocycles. The minimum atomic E-state index is -1.32. The van der Waals surface area contributed by atoms with Gasteiger partial charge in [-0.3, -0.25) is 5.32 Å². The van der Waals surface area contributed by atoms with E-state index < -0.39 is 35.4 Å². The largest absolute Gasteiger partial charge is 0.480 e. The molecule has 3 rings (SSSR count). The van der Waals surface area contributed by atoms with Crippen molar-refractivity contribution in [1.29, 1.82) is 0 Å². The summed E-state index contributed by atoms with van der Waals surface area (Å²) in [6.45, 7) is 9.83. The summed E-state index contributed by atoms with van der Waals surface area (Å²) in [5.74, 6) is -0.449. The van der Waals surface area contributed by atoms with Gasteiger partial charge in [0.2, 0.25) is 11.8 Å². The Morgan fingerprint density at radius 1 is 0.925 bits per heavy atom. The van der Waals surface area contributed by atoms with E-state index in [-0.39, 0.29) is 23.1 Å². The summed E-state index contributed by atoms with van der Waals surface area (Å²) in [5, 5.41) is 2.74. The van der Waals surface area contributed by atoms with Gasteiger partial charge in [-0.25, -0.2) is 24.3 Å². The normalized spacial score (nSPS) is 11.6. The Bertz CT molecular complexity index is 1390. The lowest BCUT2D eigenvalue weighted by Crippen LogP contribution is -2.44. The Labute approximate surface area is 229 Å². The van der Waals surface area contributed by atoms with Crippen LogP contribution in [0.5, 0.6) is 11.8 Å². The molecule has 0 atom stereocenters. The summed E-state index contributed by atoms with van der Waals surface area (Å²) in [5.41, 5.74) is -0.512. The number of carbonyl (C=O) groups excluding carboxylic acids is 3. The van der Waals surface area contributed by atoms with Crippen LogP contribution in [0.4, 0.5) is 30.7 Å². The quantitative estimate of drug-likeness (QED) is 0.438. The lowest BCUT2D eigenvalue weighted by molar-refractivity contribution is -0.0544. The maximum absolute atomic E-state index is 13.1. The van der Waals surface area contributed by atoms with E-state index in [1.807, 2.05) is 0 Å². The molecular weight excluding hydrogens is 531 g/mol. The number of amides is 3. The average Bonchev–Trinajstić information content (AvgIpc) is 3.16. The van der Waals surface area contributed by atoms with Crippen LogP contribution in [-0.4, -0.2) is 63.2 Å². The van der Waals surface area contributed by atoms with Crippen LogP contribution in [0.3, 0.4) is 0 Å². The van der Waals surface area contributed by atoms with Crippen molar-refractivity contribution in [1.82, 2.24) is 19.5 Å². The van der Waals surface area contributed by atoms with Gasteiger partial charge in [0.15, 0.2) is 0 Å². The first-order chi connectivity index (χ1) is 18.6. The number of hydrogen-bond donors (Lipinski definition) is 1. The number of anilines is 2. The Balaban J connectivity index is 2.18. The molecule has 3 aromatic rings. The Kier molecular flexibility index (Phi) is 8.36. The standard InChI is InChI=1S/C25H31FN6O8/c1-24(2,3)38-22(34)32(23(35)39-25(4,5)6)20-29-18(36-8)17(19(30-20)37-9)14-10-13-11-16(28-21(33)40-26)27-12-15(13)31(14)7/h10-12H,1-9H3,(H,27,28,33). The van der Waals surface area contributed by atoms with Crippen molar-refractivity contribution in [2.75, 3.05) is 24.4 Å². The number of rotatable bonds is 5. The highest BCUT2D eigenvalue weighted by Crippen LogP contribution is 2.40. The lowest BCUT2D eigenvalue weighted by atomic mass is 10.2. The molecule has 3 heterocycles. The molecule has 0 aromatic carbocycles. The SMILES string of the molecule is COc1nc(N(C(=O)OC(C)(C)C)C(=O)OC(C)(C)C)nc(OC)c1-c1cc2cc(NC(=O)OF)ncc2n1C. The summed E-state index contributed by atoms with van der Waals surface area (Å²) in [4.78, 5) is 53.9. The molecule has 14 nitrogen and oxygen atoms in total. The highest BCUT2D eigenvalue weighted by atomic mass is 19.3. The molecule has 0 aliphatic heterocycles. The van der Waals surface area contributed by atoms with E-state index in [1.54, 1.807) is 59.2 Å². The van der Waals surface area contributed by atoms with Crippen molar-refractivity contribution in [3.05, 3.63) is 18.3 Å². The van der Waals surface area contributed by atoms with Crippen LogP contribution in [0.15, 0.2) is 18.3 Å². The number of nitrogens with one attached hydrogen (secondary N) is 1. The molecule has 0 unspecified atom stereocenters. The second-order valence-corrected chi connectivity index (χ2v) is 10.4. The van der Waals surface area contributed by atoms with E-state index in [2.05, 4.69) is 25.2 Å². The van der Waals surface area contributed by atoms with Crippen LogP contribution < -0.4 is 19.7 Å². The zero-order valence-corrected chi connectivity index (χ0v) is 23.6. The molecule has 0 aliphatic rings. The number of halogens is 1. The summed E-state index contributed by atoms with van der Waals surface area (Å²) in [6, 6.07) is 3.20. The van der Waals surface area contributed by atoms with Gasteiger partial charge in [0.1, 0.15) is 22.6 Å². The summed E-state index contributed by atoms with van der Waals surface area (Å²) in [6.07, 6.45) is -2.01. The average molecular weight is 563 g/mol. The number of hydrogen-bond acceptors (Lipinski definition) is 11. The molecular formula is C25H31FN6O8. The summed E-state index contributed by atoms with van der Waals surface area (Å²) in [7, 11) is 4.41. The third-order valence-electron chi connectivity index (χ3n) is 5.05. The molecule has 0 saturated carbocycles. The third-order valence-corrected chi connectivity index (χ3v) is 5.05. The fourth-order valence-electron chi connectivity index (χ4n) is 3.54. The van der Waals surface area contributed by atoms with Gasteiger partial charge in [-0.05, 0) is 53.7 Å². The van der Waals surface area contributed by atoms with Gasteiger partial charge in [0.25, 0.3) is 5.95 Å². The van der Waals surface area contributed by atoms with E-state index in [0.29, 0.717) is 21.5 Å². The Morgan fingerprint density at radius 3 is 1.90 bits per heavy atom. The molecule has 3 amide bonds. The minimum absolute atomic E-state index is 0.0443. The smallest absolute Gasteiger partial charge is 0.450 e. The number of methoxy groups -OCH3 is 2. The molecule has 216 valence electrons. The van der Waals surface area contributed by atoms with Gasteiger partial charge >= 0.3 is 18.3 Å². The van der Waals surface area contributed by atoms with Crippen LogP contribution in [-0.2, 0) is 21.5 Å². The molecule has 1 N–H and O–H groups in total. The monoisotopic (exact) mass is 562 g/mol. The number of aromatic nitrogens is 4. The first-order valence-corrected chi connectivity index (χ1v) is 11.9. The fourth-order valence-corrected chi connectivity index (χ4v) is 3.54. The zero-order valence-electron chi connectivity index (χ0n) is 23.6. The Hall–Kier alpha value is -4.69. The van der Waals surface area contributed by atoms with Gasteiger partial charge in [-0.1, -0.05) is 0 Å². The first-order valence-electron chi connectivity index (χ1n) is 11.9. The van der Waals surface area contributed by atoms with Gasteiger partial charge in [-0.2, -0.15) is 9.97 Å². The van der Waals surface area contributed by atoms with Gasteiger partial charge < -0.3 is 23.5 Å². The number of fused-ring (bicyclic) bond motifs is 1. The van der Waals surface area contributed by atoms with Gasteiger partial charge in [-0.15, -0.1) is 4.90 Å². The zero-order chi connectivity index (χ0) is 30.0. The van der Waals surface area contributed by atoms with Crippen LogP contribution in [0.1, 0.15) is 41.5 Å². The van der Waals surface area contributed by atoms with Crippen molar-refractivity contribution in [2.24, 2.45) is 7.05 Å². The minimum Gasteiger partial charge on any atom is -0.480 e. The molecule has 0 saturated heterocycles. The lowest BCUT2D eigenvalue weighted by Gasteiger charge is -2.28. The molecule has 0 bridgehead atoms. The molecule has 0 fully saturated rings. The van der Waals surface area contributed by atoms with Crippen molar-refractivity contribution < 1.29 is 42.8 Å². The van der Waals surface area contributed by atoms with Gasteiger partial charge in [0, 0.05) is 17.0 Å². The topological polar surface area (TPSA) is 156 Å². The maximum Gasteiger partial charge on any atom is 0.450 e. The molecule has 0 spiro atoms. The van der Waals surface area contributed by atoms with Gasteiger partial charge in [0.05, 0.1) is 31.6 Å². The number of aryl methyl sites for hydroxylation is 1. The Morgan fingerprint density at radius 2 is 1.45 bits per heavy atom. The van der Waals surface area contributed by atoms with Crippen LogP contribution >= 0.6 is 0 Å². The molecule has 15 heteroatoms. The van der Waals surface area contributed by atoms with Crippen molar-refractivity contribution in [2.45, 2.75) is 52.7 Å². The third kappa shape index (κ3) is 6.65. The van der Waals surface area contributed by atoms with Crippen molar-refractivity contribution in [3.63, 3.8) is 0 Å². The van der Waals surface area contributed by atoms with E-state index in [1.165, 1.54) is 26.5 Å². The number of carbonyl (C=O) groups is 3. The van der Waals surface area contributed by atoms with E-state index in [0.717, 1.165) is 0 Å². The number of imide groups is 1. The molecule has 0 radical (unpaired) electrons. The second kappa shape index (κ2) is 11.2. The van der Waals surface area contributed by atoms with Crippen molar-refractivity contribution in [3.8, 4) is 23.0 Å². The van der Waals surface area contributed by atoms with Crippen molar-refractivity contribution >= 4 is 40.9 Å². The number of nitrogens with zero attached hydrogens (tertiary/aromatic N) is 5. The number of ether oxygens (including phenoxy) is 4. The second-order valence-electron chi connectivity index (χ2n) is 10.4. The predicted octanol–water partition coefficient (Wildman–Crippen LogP) is 5.16. The van der Waals surface area contributed by atoms with Crippen LogP contribution in [0, 0.1) is 0 Å². The molecule has 40 heavy (non-hydrogen) atoms. The highest BCUT2D eigenvalue weighted by Gasteiger charge is 2.36. The maximum atomic E-state index is 13.1. The fraction of sp³-hybridized carbons (Fsp3) is 0.440. The van der Waals surface area contributed by atoms with Crippen LogP contribution in [0.25, 0.3) is 22.2 Å². The van der Waals surface area contributed by atoms with E-state index >= 15 is 0 Å². The molecule has 0 aliphatic carbocycles. The first kappa shape index (κ1) is 29.9.